The largest absolute Gasteiger partial charge is 0.383 e. The Bertz CT molecular complexity index is 932. The van der Waals surface area contributed by atoms with Gasteiger partial charge in [0.15, 0.2) is 5.16 Å². The highest BCUT2D eigenvalue weighted by molar-refractivity contribution is 7.98. The van der Waals surface area contributed by atoms with Crippen molar-refractivity contribution in [3.05, 3.63) is 70.8 Å². The zero-order valence-corrected chi connectivity index (χ0v) is 16.0. The van der Waals surface area contributed by atoms with E-state index in [2.05, 4.69) is 15.3 Å². The molecule has 0 aliphatic carbocycles. The highest BCUT2D eigenvalue weighted by Crippen LogP contribution is 2.23. The summed E-state index contributed by atoms with van der Waals surface area (Å²) in [6.07, 6.45) is 0. The predicted molar refractivity (Wildman–Crippen MR) is 111 cm³/mol. The number of thioether (sulfide) groups is 1. The van der Waals surface area contributed by atoms with Gasteiger partial charge in [-0.1, -0.05) is 42.1 Å². The number of carbonyl (C=O) groups is 1. The lowest BCUT2D eigenvalue weighted by atomic mass is 10.1. The number of rotatable bonds is 5. The van der Waals surface area contributed by atoms with Gasteiger partial charge in [0.25, 0.3) is 5.91 Å². The number of hydrogen-bond donors (Lipinski definition) is 3. The van der Waals surface area contributed by atoms with E-state index in [0.29, 0.717) is 28.1 Å². The molecule has 27 heavy (non-hydrogen) atoms. The minimum absolute atomic E-state index is 0.126. The predicted octanol–water partition coefficient (Wildman–Crippen LogP) is 3.80. The maximum Gasteiger partial charge on any atom is 0.255 e. The fraction of sp³-hybridized carbons (Fsp3) is 0.150. The van der Waals surface area contributed by atoms with Crippen molar-refractivity contribution in [2.45, 2.75) is 24.8 Å². The lowest BCUT2D eigenvalue weighted by molar-refractivity contribution is 0.102. The zero-order chi connectivity index (χ0) is 19.4. The van der Waals surface area contributed by atoms with Crippen LogP contribution in [0.15, 0.2) is 53.7 Å². The number of anilines is 3. The summed E-state index contributed by atoms with van der Waals surface area (Å²) in [7, 11) is 0. The van der Waals surface area contributed by atoms with Crippen LogP contribution in [-0.4, -0.2) is 15.9 Å². The van der Waals surface area contributed by atoms with Crippen LogP contribution in [0.3, 0.4) is 0 Å². The first-order chi connectivity index (χ1) is 12.9. The first-order valence-electron chi connectivity index (χ1n) is 8.41. The molecule has 138 valence electrons. The van der Waals surface area contributed by atoms with E-state index in [1.165, 1.54) is 17.8 Å². The van der Waals surface area contributed by atoms with Gasteiger partial charge < -0.3 is 16.8 Å². The third kappa shape index (κ3) is 4.77. The second-order valence-electron chi connectivity index (χ2n) is 6.21. The van der Waals surface area contributed by atoms with Crippen molar-refractivity contribution in [3.63, 3.8) is 0 Å². The summed E-state index contributed by atoms with van der Waals surface area (Å²) in [4.78, 5) is 20.8. The number of nitrogens with two attached hydrogens (primary N) is 2. The van der Waals surface area contributed by atoms with Crippen LogP contribution >= 0.6 is 11.8 Å². The van der Waals surface area contributed by atoms with Crippen LogP contribution in [0, 0.1) is 13.8 Å². The fourth-order valence-electron chi connectivity index (χ4n) is 2.62. The van der Waals surface area contributed by atoms with E-state index in [1.54, 1.807) is 0 Å². The summed E-state index contributed by atoms with van der Waals surface area (Å²) in [5.41, 5.74) is 15.9. The van der Waals surface area contributed by atoms with E-state index in [9.17, 15) is 4.79 Å². The molecule has 5 N–H and O–H groups in total. The van der Waals surface area contributed by atoms with Crippen molar-refractivity contribution < 1.29 is 4.79 Å². The fourth-order valence-corrected chi connectivity index (χ4v) is 3.45. The molecule has 0 unspecified atom stereocenters. The number of hydrogen-bond acceptors (Lipinski definition) is 6. The number of nitrogens with zero attached hydrogens (tertiary/aromatic N) is 2. The van der Waals surface area contributed by atoms with E-state index in [1.807, 2.05) is 56.3 Å². The number of aromatic nitrogens is 2. The third-order valence-electron chi connectivity index (χ3n) is 4.05. The van der Waals surface area contributed by atoms with Gasteiger partial charge in [-0.2, -0.15) is 0 Å². The number of carbonyl (C=O) groups excluding carboxylic acids is 1. The number of benzene rings is 2. The highest BCUT2D eigenvalue weighted by Gasteiger charge is 2.10. The molecule has 7 heteroatoms. The summed E-state index contributed by atoms with van der Waals surface area (Å²) >= 11 is 1.44. The second kappa shape index (κ2) is 8.09. The average molecular weight is 379 g/mol. The van der Waals surface area contributed by atoms with Crippen LogP contribution in [0.2, 0.25) is 0 Å². The highest BCUT2D eigenvalue weighted by atomic mass is 32.2. The molecule has 0 aliphatic rings. The van der Waals surface area contributed by atoms with Crippen LogP contribution in [0.25, 0.3) is 0 Å². The van der Waals surface area contributed by atoms with Gasteiger partial charge >= 0.3 is 0 Å². The van der Waals surface area contributed by atoms with Crippen LogP contribution in [0.5, 0.6) is 0 Å². The van der Waals surface area contributed by atoms with Gasteiger partial charge in [-0.15, -0.1) is 0 Å². The lowest BCUT2D eigenvalue weighted by Crippen LogP contribution is -2.13. The molecule has 0 fully saturated rings. The molecule has 0 radical (unpaired) electrons. The quantitative estimate of drug-likeness (QED) is 0.460. The van der Waals surface area contributed by atoms with Gasteiger partial charge in [0.05, 0.1) is 0 Å². The zero-order valence-electron chi connectivity index (χ0n) is 15.2. The Morgan fingerprint density at radius 1 is 1.00 bits per heavy atom. The van der Waals surface area contributed by atoms with E-state index >= 15 is 0 Å². The Kier molecular flexibility index (Phi) is 5.61. The maximum atomic E-state index is 12.5. The lowest BCUT2D eigenvalue weighted by Gasteiger charge is -2.11. The van der Waals surface area contributed by atoms with Crippen molar-refractivity contribution in [3.8, 4) is 0 Å². The molecule has 3 aromatic rings. The Balaban J connectivity index is 1.65. The summed E-state index contributed by atoms with van der Waals surface area (Å²) in [5, 5.41) is 3.52. The molecule has 0 atom stereocenters. The van der Waals surface area contributed by atoms with Gasteiger partial charge in [-0.05, 0) is 42.7 Å². The van der Waals surface area contributed by atoms with Gasteiger partial charge in [0, 0.05) is 23.1 Å². The Morgan fingerprint density at radius 2 is 1.59 bits per heavy atom. The van der Waals surface area contributed by atoms with Crippen LogP contribution < -0.4 is 16.8 Å². The third-order valence-corrected chi connectivity index (χ3v) is 4.97. The van der Waals surface area contributed by atoms with E-state index in [4.69, 9.17) is 11.5 Å². The minimum atomic E-state index is -0.126. The van der Waals surface area contributed by atoms with Gasteiger partial charge in [0.1, 0.15) is 11.6 Å². The first kappa shape index (κ1) is 18.7. The number of nitrogens with one attached hydrogen (secondary N) is 1. The Hall–Kier alpha value is -3.06. The minimum Gasteiger partial charge on any atom is -0.383 e. The standard InChI is InChI=1S/C20H21N5OS/c1-12-4-3-5-13(2)18(12)25-19(26)15-8-6-14(7-9-15)11-27-20-23-16(21)10-17(22)24-20/h3-10H,11H2,1-2H3,(H,25,26)(H4,21,22,23,24). The Morgan fingerprint density at radius 3 is 2.19 bits per heavy atom. The van der Waals surface area contributed by atoms with Crippen LogP contribution in [0.1, 0.15) is 27.0 Å². The second-order valence-corrected chi connectivity index (χ2v) is 7.15. The molecule has 3 rings (SSSR count). The summed E-state index contributed by atoms with van der Waals surface area (Å²) in [5.74, 6) is 1.23. The van der Waals surface area contributed by atoms with E-state index in [0.717, 1.165) is 22.4 Å². The van der Waals surface area contributed by atoms with Crippen molar-refractivity contribution in [2.75, 3.05) is 16.8 Å². The Labute approximate surface area is 162 Å². The molecule has 0 spiro atoms. The summed E-state index contributed by atoms with van der Waals surface area (Å²) < 4.78 is 0. The molecule has 1 heterocycles. The molecular weight excluding hydrogens is 358 g/mol. The normalized spacial score (nSPS) is 10.6. The molecule has 0 aliphatic heterocycles. The van der Waals surface area contributed by atoms with Crippen molar-refractivity contribution in [1.82, 2.24) is 9.97 Å². The van der Waals surface area contributed by atoms with Crippen LogP contribution in [-0.2, 0) is 5.75 Å². The number of para-hydroxylation sites is 1. The summed E-state index contributed by atoms with van der Waals surface area (Å²) in [6.45, 7) is 3.96. The molecule has 0 saturated heterocycles. The maximum absolute atomic E-state index is 12.5. The molecule has 1 amide bonds. The molecular formula is C20H21N5OS. The SMILES string of the molecule is Cc1cccc(C)c1NC(=O)c1ccc(CSc2nc(N)cc(N)n2)cc1. The molecule has 6 nitrogen and oxygen atoms in total. The first-order valence-corrected chi connectivity index (χ1v) is 9.40. The topological polar surface area (TPSA) is 107 Å². The van der Waals surface area contributed by atoms with Crippen molar-refractivity contribution in [1.29, 1.82) is 0 Å². The number of nitrogen functional groups attached to an aromatic ring is 2. The summed E-state index contributed by atoms with van der Waals surface area (Å²) in [6, 6.07) is 14.9. The van der Waals surface area contributed by atoms with Crippen molar-refractivity contribution >= 4 is 35.0 Å². The van der Waals surface area contributed by atoms with E-state index in [-0.39, 0.29) is 5.91 Å². The molecule has 1 aromatic heterocycles. The van der Waals surface area contributed by atoms with Gasteiger partial charge in [0.2, 0.25) is 0 Å². The number of aryl methyl sites for hydroxylation is 2. The molecule has 0 bridgehead atoms. The molecule has 0 saturated carbocycles. The van der Waals surface area contributed by atoms with Gasteiger partial charge in [-0.3, -0.25) is 4.79 Å². The average Bonchev–Trinajstić information content (AvgIpc) is 2.63. The van der Waals surface area contributed by atoms with Crippen molar-refractivity contribution in [2.24, 2.45) is 0 Å². The van der Waals surface area contributed by atoms with Gasteiger partial charge in [-0.25, -0.2) is 9.97 Å². The molecule has 2 aromatic carbocycles. The van der Waals surface area contributed by atoms with Crippen LogP contribution in [0.4, 0.5) is 17.3 Å². The smallest absolute Gasteiger partial charge is 0.255 e. The number of amides is 1. The van der Waals surface area contributed by atoms with E-state index < -0.39 is 0 Å². The monoisotopic (exact) mass is 379 g/mol.